The minimum atomic E-state index is -0.319. The zero-order valence-electron chi connectivity index (χ0n) is 15.3. The molecule has 6 nitrogen and oxygen atoms in total. The Morgan fingerprint density at radius 1 is 1.12 bits per heavy atom. The molecule has 0 saturated carbocycles. The van der Waals surface area contributed by atoms with Crippen LogP contribution in [0.25, 0.3) is 0 Å². The second kappa shape index (κ2) is 10.1. The van der Waals surface area contributed by atoms with Crippen molar-refractivity contribution >= 4 is 17.8 Å². The Hall–Kier alpha value is -3.02. The second-order valence-electron chi connectivity index (χ2n) is 5.69. The van der Waals surface area contributed by atoms with E-state index < -0.39 is 0 Å². The highest BCUT2D eigenvalue weighted by Gasteiger charge is 2.08. The van der Waals surface area contributed by atoms with Crippen molar-refractivity contribution in [2.45, 2.75) is 26.9 Å². The third kappa shape index (κ3) is 6.12. The van der Waals surface area contributed by atoms with Gasteiger partial charge in [-0.05, 0) is 45.0 Å². The molecule has 0 heterocycles. The summed E-state index contributed by atoms with van der Waals surface area (Å²) in [7, 11) is 0. The van der Waals surface area contributed by atoms with Crippen LogP contribution in [-0.2, 0) is 9.63 Å². The van der Waals surface area contributed by atoms with Gasteiger partial charge < -0.3 is 19.6 Å². The van der Waals surface area contributed by atoms with E-state index in [-0.39, 0.29) is 18.6 Å². The first-order valence-corrected chi connectivity index (χ1v) is 8.52. The van der Waals surface area contributed by atoms with Gasteiger partial charge in [0.1, 0.15) is 11.5 Å². The fourth-order valence-corrected chi connectivity index (χ4v) is 2.18. The predicted molar refractivity (Wildman–Crippen MR) is 102 cm³/mol. The number of oxime groups is 1. The Kier molecular flexibility index (Phi) is 7.49. The first-order chi connectivity index (χ1) is 12.6. The van der Waals surface area contributed by atoms with Gasteiger partial charge in [-0.25, -0.2) is 0 Å². The molecule has 6 heteroatoms. The second-order valence-corrected chi connectivity index (χ2v) is 5.69. The number of nitrogens with zero attached hydrogens (tertiary/aromatic N) is 1. The molecule has 0 aromatic heterocycles. The Bertz CT molecular complexity index is 744. The molecule has 0 aliphatic carbocycles. The van der Waals surface area contributed by atoms with E-state index in [1.165, 1.54) is 6.21 Å². The Balaban J connectivity index is 1.88. The van der Waals surface area contributed by atoms with E-state index >= 15 is 0 Å². The third-order valence-electron chi connectivity index (χ3n) is 3.20. The van der Waals surface area contributed by atoms with E-state index in [1.807, 2.05) is 57.2 Å². The predicted octanol–water partition coefficient (Wildman–Crippen LogP) is 3.86. The van der Waals surface area contributed by atoms with Gasteiger partial charge in [0.25, 0.3) is 5.91 Å². The van der Waals surface area contributed by atoms with Crippen molar-refractivity contribution in [3.8, 4) is 11.5 Å². The molecule has 2 rings (SSSR count). The van der Waals surface area contributed by atoms with Crippen molar-refractivity contribution < 1.29 is 19.1 Å². The molecule has 138 valence electrons. The molecular weight excluding hydrogens is 332 g/mol. The summed E-state index contributed by atoms with van der Waals surface area (Å²) in [6, 6.07) is 14.7. The molecular formula is C20H24N2O4. The maximum atomic E-state index is 12.0. The van der Waals surface area contributed by atoms with Gasteiger partial charge in [-0.3, -0.25) is 4.79 Å². The molecule has 0 atom stereocenters. The number of carbonyl (C=O) groups excluding carboxylic acids is 1. The van der Waals surface area contributed by atoms with E-state index in [4.69, 9.17) is 14.3 Å². The monoisotopic (exact) mass is 356 g/mol. The lowest BCUT2D eigenvalue weighted by Gasteiger charge is -2.11. The van der Waals surface area contributed by atoms with Crippen LogP contribution in [0.15, 0.2) is 53.7 Å². The van der Waals surface area contributed by atoms with E-state index in [1.54, 1.807) is 12.1 Å². The summed E-state index contributed by atoms with van der Waals surface area (Å²) < 4.78 is 11.2. The number of carbonyl (C=O) groups is 1. The quantitative estimate of drug-likeness (QED) is 0.547. The minimum absolute atomic E-state index is 0.0571. The number of anilines is 1. The molecule has 1 amide bonds. The fraction of sp³-hybridized carbons (Fsp3) is 0.300. The molecule has 1 N–H and O–H groups in total. The Labute approximate surface area is 153 Å². The van der Waals surface area contributed by atoms with Gasteiger partial charge in [-0.1, -0.05) is 29.4 Å². The van der Waals surface area contributed by atoms with Gasteiger partial charge in [-0.2, -0.15) is 0 Å². The molecule has 0 fully saturated rings. The van der Waals surface area contributed by atoms with Crippen molar-refractivity contribution in [2.75, 3.05) is 18.5 Å². The summed E-state index contributed by atoms with van der Waals surface area (Å²) in [4.78, 5) is 17.1. The summed E-state index contributed by atoms with van der Waals surface area (Å²) in [6.45, 7) is 6.11. The van der Waals surface area contributed by atoms with Gasteiger partial charge >= 0.3 is 0 Å². The lowest BCUT2D eigenvalue weighted by molar-refractivity contribution is -0.120. The summed E-state index contributed by atoms with van der Waals surface area (Å²) in [6.07, 6.45) is 1.58. The van der Waals surface area contributed by atoms with Crippen LogP contribution in [0.3, 0.4) is 0 Å². The molecule has 0 aliphatic rings. The van der Waals surface area contributed by atoms with Crippen LogP contribution in [0.1, 0.15) is 26.3 Å². The zero-order chi connectivity index (χ0) is 18.8. The minimum Gasteiger partial charge on any atom is -0.492 e. The van der Waals surface area contributed by atoms with E-state index in [0.717, 1.165) is 5.56 Å². The largest absolute Gasteiger partial charge is 0.492 e. The molecule has 0 spiro atoms. The van der Waals surface area contributed by atoms with Crippen molar-refractivity contribution in [1.29, 1.82) is 0 Å². The van der Waals surface area contributed by atoms with Crippen LogP contribution in [0.5, 0.6) is 11.5 Å². The molecule has 0 radical (unpaired) electrons. The average Bonchev–Trinajstić information content (AvgIpc) is 2.61. The number of benzene rings is 2. The van der Waals surface area contributed by atoms with Gasteiger partial charge in [0.15, 0.2) is 6.61 Å². The molecule has 0 bridgehead atoms. The molecule has 0 unspecified atom stereocenters. The molecule has 26 heavy (non-hydrogen) atoms. The number of rotatable bonds is 9. The summed E-state index contributed by atoms with van der Waals surface area (Å²) in [5, 5.41) is 6.60. The van der Waals surface area contributed by atoms with Gasteiger partial charge in [0.2, 0.25) is 0 Å². The smallest absolute Gasteiger partial charge is 0.265 e. The number of hydrogen-bond acceptors (Lipinski definition) is 5. The topological polar surface area (TPSA) is 69.2 Å². The SMILES string of the molecule is CCOc1ccccc1NC(=O)CO/N=C/c1ccccc1OC(C)C. The molecule has 0 saturated heterocycles. The van der Waals surface area contributed by atoms with Crippen LogP contribution >= 0.6 is 0 Å². The fourth-order valence-electron chi connectivity index (χ4n) is 2.18. The van der Waals surface area contributed by atoms with Crippen molar-refractivity contribution in [3.63, 3.8) is 0 Å². The van der Waals surface area contributed by atoms with Crippen molar-refractivity contribution in [1.82, 2.24) is 0 Å². The Morgan fingerprint density at radius 3 is 2.54 bits per heavy atom. The highest BCUT2D eigenvalue weighted by Crippen LogP contribution is 2.23. The lowest BCUT2D eigenvalue weighted by Crippen LogP contribution is -2.17. The number of hydrogen-bond donors (Lipinski definition) is 1. The number of para-hydroxylation sites is 3. The van der Waals surface area contributed by atoms with Crippen LogP contribution in [0.4, 0.5) is 5.69 Å². The normalized spacial score (nSPS) is 10.8. The third-order valence-corrected chi connectivity index (χ3v) is 3.20. The zero-order valence-corrected chi connectivity index (χ0v) is 15.3. The first kappa shape index (κ1) is 19.3. The Morgan fingerprint density at radius 2 is 1.81 bits per heavy atom. The van der Waals surface area contributed by atoms with Gasteiger partial charge in [0, 0.05) is 5.56 Å². The summed E-state index contributed by atoms with van der Waals surface area (Å²) in [5.74, 6) is 1.01. The molecule has 2 aromatic carbocycles. The standard InChI is InChI=1S/C20H24N2O4/c1-4-24-19-12-8-6-10-17(19)22-20(23)14-25-21-13-16-9-5-7-11-18(16)26-15(2)3/h5-13,15H,4,14H2,1-3H3,(H,22,23)/b21-13+. The van der Waals surface area contributed by atoms with E-state index in [2.05, 4.69) is 10.5 Å². The van der Waals surface area contributed by atoms with E-state index in [0.29, 0.717) is 23.8 Å². The first-order valence-electron chi connectivity index (χ1n) is 8.52. The summed E-state index contributed by atoms with van der Waals surface area (Å²) in [5.41, 5.74) is 1.38. The van der Waals surface area contributed by atoms with Crippen LogP contribution in [0.2, 0.25) is 0 Å². The lowest BCUT2D eigenvalue weighted by atomic mass is 10.2. The van der Waals surface area contributed by atoms with Crippen LogP contribution in [-0.4, -0.2) is 31.4 Å². The average molecular weight is 356 g/mol. The summed E-state index contributed by atoms with van der Waals surface area (Å²) >= 11 is 0. The van der Waals surface area contributed by atoms with Crippen molar-refractivity contribution in [3.05, 3.63) is 54.1 Å². The van der Waals surface area contributed by atoms with Crippen LogP contribution in [0, 0.1) is 0 Å². The van der Waals surface area contributed by atoms with Crippen molar-refractivity contribution in [2.24, 2.45) is 5.16 Å². The highest BCUT2D eigenvalue weighted by molar-refractivity contribution is 5.93. The van der Waals surface area contributed by atoms with Gasteiger partial charge in [-0.15, -0.1) is 0 Å². The molecule has 2 aromatic rings. The van der Waals surface area contributed by atoms with Gasteiger partial charge in [0.05, 0.1) is 24.6 Å². The van der Waals surface area contributed by atoms with Crippen LogP contribution < -0.4 is 14.8 Å². The highest BCUT2D eigenvalue weighted by atomic mass is 16.6. The maximum absolute atomic E-state index is 12.0. The van der Waals surface area contributed by atoms with E-state index in [9.17, 15) is 4.79 Å². The maximum Gasteiger partial charge on any atom is 0.265 e. The number of ether oxygens (including phenoxy) is 2. The molecule has 0 aliphatic heterocycles. The number of amides is 1. The number of nitrogens with one attached hydrogen (secondary N) is 1.